The van der Waals surface area contributed by atoms with E-state index in [2.05, 4.69) is 6.07 Å². The van der Waals surface area contributed by atoms with Crippen molar-refractivity contribution in [1.82, 2.24) is 0 Å². The van der Waals surface area contributed by atoms with E-state index in [0.717, 1.165) is 17.2 Å². The summed E-state index contributed by atoms with van der Waals surface area (Å²) in [6.07, 6.45) is -4.38. The van der Waals surface area contributed by atoms with E-state index in [1.165, 1.54) is 12.1 Å². The van der Waals surface area contributed by atoms with Gasteiger partial charge in [-0.25, -0.2) is 0 Å². The Bertz CT molecular complexity index is 774. The smallest absolute Gasteiger partial charge is 0.166 e. The van der Waals surface area contributed by atoms with Gasteiger partial charge >= 0.3 is 6.18 Å². The lowest BCUT2D eigenvalue weighted by atomic mass is 9.96. The SMILES string of the molecule is FC(F)(F)c1ccccc1-c1[c]c(-c2ccccc2)ccc1. The fraction of sp³-hybridized carbons (Fsp3) is 0.0526. The fourth-order valence-corrected chi connectivity index (χ4v) is 2.38. The molecule has 0 N–H and O–H groups in total. The first-order chi connectivity index (χ1) is 10.6. The predicted molar refractivity (Wildman–Crippen MR) is 81.2 cm³/mol. The first-order valence-corrected chi connectivity index (χ1v) is 6.80. The first kappa shape index (κ1) is 14.4. The molecule has 0 nitrogen and oxygen atoms in total. The molecule has 0 atom stereocenters. The lowest BCUT2D eigenvalue weighted by molar-refractivity contribution is -0.137. The maximum atomic E-state index is 13.1. The summed E-state index contributed by atoms with van der Waals surface area (Å²) in [4.78, 5) is 0. The van der Waals surface area contributed by atoms with Gasteiger partial charge in [0, 0.05) is 0 Å². The number of alkyl halides is 3. The summed E-state index contributed by atoms with van der Waals surface area (Å²) >= 11 is 0. The highest BCUT2D eigenvalue weighted by Crippen LogP contribution is 2.37. The third-order valence-corrected chi connectivity index (χ3v) is 3.40. The van der Waals surface area contributed by atoms with Gasteiger partial charge in [-0.05, 0) is 34.4 Å². The summed E-state index contributed by atoms with van der Waals surface area (Å²) in [5, 5.41) is 0. The molecular weight excluding hydrogens is 285 g/mol. The van der Waals surface area contributed by atoms with Crippen LogP contribution in [0.2, 0.25) is 0 Å². The molecule has 109 valence electrons. The Balaban J connectivity index is 2.11. The van der Waals surface area contributed by atoms with Crippen molar-refractivity contribution in [3.8, 4) is 22.3 Å². The summed E-state index contributed by atoms with van der Waals surface area (Å²) in [5.74, 6) is 0. The zero-order chi connectivity index (χ0) is 15.6. The van der Waals surface area contributed by atoms with Crippen LogP contribution in [0.3, 0.4) is 0 Å². The van der Waals surface area contributed by atoms with Gasteiger partial charge < -0.3 is 0 Å². The molecule has 0 spiro atoms. The average molecular weight is 297 g/mol. The van der Waals surface area contributed by atoms with Crippen molar-refractivity contribution in [3.05, 3.63) is 84.4 Å². The molecule has 3 rings (SSSR count). The van der Waals surface area contributed by atoms with E-state index in [4.69, 9.17) is 0 Å². The number of halogens is 3. The van der Waals surface area contributed by atoms with E-state index in [1.807, 2.05) is 36.4 Å². The Morgan fingerprint density at radius 3 is 2.00 bits per heavy atom. The monoisotopic (exact) mass is 297 g/mol. The highest BCUT2D eigenvalue weighted by Gasteiger charge is 2.33. The molecule has 0 aliphatic carbocycles. The van der Waals surface area contributed by atoms with Crippen molar-refractivity contribution in [3.63, 3.8) is 0 Å². The van der Waals surface area contributed by atoms with E-state index >= 15 is 0 Å². The molecule has 0 fully saturated rings. The Kier molecular flexibility index (Phi) is 3.72. The zero-order valence-corrected chi connectivity index (χ0v) is 11.6. The molecular formula is C19H12F3. The van der Waals surface area contributed by atoms with Crippen LogP contribution in [0, 0.1) is 6.07 Å². The standard InChI is InChI=1S/C19H12F3/c20-19(21,22)18-12-5-4-11-17(18)16-10-6-9-15(13-16)14-7-2-1-3-8-14/h1-12H. The lowest BCUT2D eigenvalue weighted by Gasteiger charge is -2.13. The summed E-state index contributed by atoms with van der Waals surface area (Å²) in [6.45, 7) is 0. The van der Waals surface area contributed by atoms with Crippen LogP contribution in [0.4, 0.5) is 13.2 Å². The van der Waals surface area contributed by atoms with Gasteiger partial charge in [0.15, 0.2) is 0 Å². The Hall–Kier alpha value is -2.55. The molecule has 22 heavy (non-hydrogen) atoms. The van der Waals surface area contributed by atoms with Gasteiger partial charge in [0.2, 0.25) is 0 Å². The quantitative estimate of drug-likeness (QED) is 0.557. The highest BCUT2D eigenvalue weighted by atomic mass is 19.4. The predicted octanol–water partition coefficient (Wildman–Crippen LogP) is 5.84. The number of hydrogen-bond donors (Lipinski definition) is 0. The molecule has 0 aliphatic rings. The third-order valence-electron chi connectivity index (χ3n) is 3.40. The Morgan fingerprint density at radius 1 is 0.636 bits per heavy atom. The van der Waals surface area contributed by atoms with Crippen molar-refractivity contribution >= 4 is 0 Å². The second-order valence-electron chi connectivity index (χ2n) is 4.89. The van der Waals surface area contributed by atoms with Gasteiger partial charge in [-0.15, -0.1) is 0 Å². The minimum atomic E-state index is -4.38. The van der Waals surface area contributed by atoms with Crippen LogP contribution >= 0.6 is 0 Å². The van der Waals surface area contributed by atoms with Gasteiger partial charge in [0.05, 0.1) is 5.56 Å². The molecule has 3 heteroatoms. The van der Waals surface area contributed by atoms with E-state index in [0.29, 0.717) is 5.56 Å². The van der Waals surface area contributed by atoms with Gasteiger partial charge in [-0.1, -0.05) is 66.7 Å². The molecule has 0 amide bonds. The average Bonchev–Trinajstić information content (AvgIpc) is 2.55. The van der Waals surface area contributed by atoms with Crippen LogP contribution in [0.15, 0.2) is 72.8 Å². The van der Waals surface area contributed by atoms with Gasteiger partial charge in [0.25, 0.3) is 0 Å². The van der Waals surface area contributed by atoms with Crippen LogP contribution in [-0.2, 0) is 6.18 Å². The van der Waals surface area contributed by atoms with Crippen molar-refractivity contribution in [2.24, 2.45) is 0 Å². The van der Waals surface area contributed by atoms with Gasteiger partial charge in [-0.3, -0.25) is 0 Å². The normalized spacial score (nSPS) is 11.4. The highest BCUT2D eigenvalue weighted by molar-refractivity contribution is 5.74. The second kappa shape index (κ2) is 5.68. The van der Waals surface area contributed by atoms with Crippen LogP contribution in [0.25, 0.3) is 22.3 Å². The number of benzene rings is 3. The van der Waals surface area contributed by atoms with Gasteiger partial charge in [-0.2, -0.15) is 13.2 Å². The van der Waals surface area contributed by atoms with Crippen molar-refractivity contribution < 1.29 is 13.2 Å². The molecule has 1 radical (unpaired) electrons. The fourth-order valence-electron chi connectivity index (χ4n) is 2.38. The van der Waals surface area contributed by atoms with E-state index in [9.17, 15) is 13.2 Å². The van der Waals surface area contributed by atoms with Crippen molar-refractivity contribution in [1.29, 1.82) is 0 Å². The van der Waals surface area contributed by atoms with Crippen molar-refractivity contribution in [2.45, 2.75) is 6.18 Å². The maximum Gasteiger partial charge on any atom is 0.417 e. The van der Waals surface area contributed by atoms with E-state index < -0.39 is 11.7 Å². The molecule has 3 aromatic rings. The van der Waals surface area contributed by atoms with Gasteiger partial charge in [0.1, 0.15) is 0 Å². The number of rotatable bonds is 2. The maximum absolute atomic E-state index is 13.1. The minimum absolute atomic E-state index is 0.146. The Morgan fingerprint density at radius 2 is 1.27 bits per heavy atom. The van der Waals surface area contributed by atoms with Crippen LogP contribution < -0.4 is 0 Å². The summed E-state index contributed by atoms with van der Waals surface area (Å²) in [5.41, 5.74) is 1.64. The lowest BCUT2D eigenvalue weighted by Crippen LogP contribution is -2.06. The van der Waals surface area contributed by atoms with Crippen LogP contribution in [-0.4, -0.2) is 0 Å². The molecule has 0 aromatic heterocycles. The summed E-state index contributed by atoms with van der Waals surface area (Å²) in [6, 6.07) is 23.4. The van der Waals surface area contributed by atoms with Crippen LogP contribution in [0.1, 0.15) is 5.56 Å². The van der Waals surface area contributed by atoms with E-state index in [1.54, 1.807) is 18.2 Å². The summed E-state index contributed by atoms with van der Waals surface area (Å²) < 4.78 is 39.4. The minimum Gasteiger partial charge on any atom is -0.166 e. The molecule has 0 heterocycles. The number of hydrogen-bond acceptors (Lipinski definition) is 0. The molecule has 0 saturated carbocycles. The molecule has 0 aliphatic heterocycles. The molecule has 0 saturated heterocycles. The third kappa shape index (κ3) is 2.89. The largest absolute Gasteiger partial charge is 0.417 e. The molecule has 3 aromatic carbocycles. The topological polar surface area (TPSA) is 0 Å². The molecule has 0 unspecified atom stereocenters. The van der Waals surface area contributed by atoms with Crippen molar-refractivity contribution in [2.75, 3.05) is 0 Å². The molecule has 0 bridgehead atoms. The Labute approximate surface area is 126 Å². The van der Waals surface area contributed by atoms with E-state index in [-0.39, 0.29) is 5.56 Å². The van der Waals surface area contributed by atoms with Crippen LogP contribution in [0.5, 0.6) is 0 Å². The summed E-state index contributed by atoms with van der Waals surface area (Å²) in [7, 11) is 0. The zero-order valence-electron chi connectivity index (χ0n) is 11.6. The second-order valence-corrected chi connectivity index (χ2v) is 4.89. The first-order valence-electron chi connectivity index (χ1n) is 6.80.